The van der Waals surface area contributed by atoms with E-state index in [1.54, 1.807) is 0 Å². The number of carbonyl (C=O) groups is 1. The average molecular weight is 239 g/mol. The van der Waals surface area contributed by atoms with Crippen LogP contribution in [0.5, 0.6) is 0 Å². The van der Waals surface area contributed by atoms with Gasteiger partial charge in [-0.3, -0.25) is 9.69 Å². The topological polar surface area (TPSA) is 29.5 Å². The number of nitrogens with zero attached hydrogens (tertiary/aromatic N) is 1. The Morgan fingerprint density at radius 1 is 1.24 bits per heavy atom. The summed E-state index contributed by atoms with van der Waals surface area (Å²) in [6.45, 7) is 6.92. The molecule has 3 heteroatoms. The molecule has 0 amide bonds. The molecule has 0 aromatic heterocycles. The zero-order chi connectivity index (χ0) is 12.3. The molecule has 1 atom stereocenters. The van der Waals surface area contributed by atoms with Gasteiger partial charge < -0.3 is 4.74 Å². The van der Waals surface area contributed by atoms with E-state index in [4.69, 9.17) is 4.74 Å². The Morgan fingerprint density at radius 2 is 1.76 bits per heavy atom. The van der Waals surface area contributed by atoms with Gasteiger partial charge in [-0.15, -0.1) is 0 Å². The van der Waals surface area contributed by atoms with Crippen molar-refractivity contribution in [1.29, 1.82) is 0 Å². The van der Waals surface area contributed by atoms with Crippen molar-refractivity contribution >= 4 is 5.97 Å². The third-order valence-electron chi connectivity index (χ3n) is 3.77. The second-order valence-electron chi connectivity index (χ2n) is 5.70. The quantitative estimate of drug-likeness (QED) is 0.609. The van der Waals surface area contributed by atoms with Gasteiger partial charge in [0, 0.05) is 19.1 Å². The second-order valence-corrected chi connectivity index (χ2v) is 5.70. The highest BCUT2D eigenvalue weighted by Gasteiger charge is 2.31. The third-order valence-corrected chi connectivity index (χ3v) is 3.77. The van der Waals surface area contributed by atoms with Crippen molar-refractivity contribution in [3.05, 3.63) is 0 Å². The largest absolute Gasteiger partial charge is 0.466 e. The van der Waals surface area contributed by atoms with Crippen LogP contribution in [0.15, 0.2) is 0 Å². The van der Waals surface area contributed by atoms with Crippen LogP contribution in [0.3, 0.4) is 0 Å². The normalized spacial score (nSPS) is 21.6. The fourth-order valence-corrected chi connectivity index (χ4v) is 2.29. The molecule has 98 valence electrons. The maximum atomic E-state index is 11.5. The summed E-state index contributed by atoms with van der Waals surface area (Å²) in [5, 5.41) is 0. The van der Waals surface area contributed by atoms with Crippen LogP contribution in [0.25, 0.3) is 0 Å². The summed E-state index contributed by atoms with van der Waals surface area (Å²) >= 11 is 0. The molecule has 0 bridgehead atoms. The molecule has 1 unspecified atom stereocenters. The highest BCUT2D eigenvalue weighted by Crippen LogP contribution is 2.34. The minimum Gasteiger partial charge on any atom is -0.466 e. The Labute approximate surface area is 105 Å². The van der Waals surface area contributed by atoms with Crippen LogP contribution in [0, 0.1) is 11.8 Å². The number of carbonyl (C=O) groups excluding carboxylic acids is 1. The molecule has 3 nitrogen and oxygen atoms in total. The summed E-state index contributed by atoms with van der Waals surface area (Å²) in [4.78, 5) is 14.0. The molecule has 0 radical (unpaired) electrons. The molecular weight excluding hydrogens is 214 g/mol. The minimum absolute atomic E-state index is 0.0448. The maximum absolute atomic E-state index is 11.5. The van der Waals surface area contributed by atoms with E-state index in [1.807, 2.05) is 6.92 Å². The fraction of sp³-hybridized carbons (Fsp3) is 0.929. The lowest BCUT2D eigenvalue weighted by molar-refractivity contribution is -0.144. The first-order valence-electron chi connectivity index (χ1n) is 7.08. The van der Waals surface area contributed by atoms with Crippen LogP contribution < -0.4 is 0 Å². The molecule has 17 heavy (non-hydrogen) atoms. The van der Waals surface area contributed by atoms with Crippen molar-refractivity contribution in [2.75, 3.05) is 19.7 Å². The molecule has 0 saturated heterocycles. The average Bonchev–Trinajstić information content (AvgIpc) is 3.11. The fourth-order valence-electron chi connectivity index (χ4n) is 2.29. The number of hydrogen-bond donors (Lipinski definition) is 0. The van der Waals surface area contributed by atoms with Crippen molar-refractivity contribution < 1.29 is 9.53 Å². The summed E-state index contributed by atoms with van der Waals surface area (Å²) < 4.78 is 5.04. The van der Waals surface area contributed by atoms with E-state index in [-0.39, 0.29) is 5.97 Å². The molecule has 0 heterocycles. The lowest BCUT2D eigenvalue weighted by Crippen LogP contribution is -2.38. The zero-order valence-electron chi connectivity index (χ0n) is 11.2. The van der Waals surface area contributed by atoms with Gasteiger partial charge in [0.1, 0.15) is 0 Å². The van der Waals surface area contributed by atoms with Crippen molar-refractivity contribution in [3.8, 4) is 0 Å². The van der Waals surface area contributed by atoms with Crippen molar-refractivity contribution in [1.82, 2.24) is 4.90 Å². The van der Waals surface area contributed by atoms with Crippen molar-refractivity contribution in [2.45, 2.75) is 52.0 Å². The van der Waals surface area contributed by atoms with Gasteiger partial charge >= 0.3 is 5.97 Å². The first-order valence-corrected chi connectivity index (χ1v) is 7.08. The molecule has 2 aliphatic rings. The van der Waals surface area contributed by atoms with Gasteiger partial charge in [0.05, 0.1) is 13.0 Å². The van der Waals surface area contributed by atoms with Crippen molar-refractivity contribution in [2.24, 2.45) is 11.8 Å². The molecule has 2 fully saturated rings. The standard InChI is InChI=1S/C14H25NO2/c1-3-17-14(16)8-11(2)15(9-12-4-5-12)10-13-6-7-13/h11-13H,3-10H2,1-2H3. The number of ether oxygens (including phenoxy) is 1. The molecule has 2 saturated carbocycles. The lowest BCUT2D eigenvalue weighted by atomic mass is 10.1. The monoisotopic (exact) mass is 239 g/mol. The Kier molecular flexibility index (Phi) is 4.43. The van der Waals surface area contributed by atoms with Gasteiger partial charge in [-0.2, -0.15) is 0 Å². The Bertz CT molecular complexity index is 245. The zero-order valence-corrected chi connectivity index (χ0v) is 11.2. The molecule has 2 rings (SSSR count). The summed E-state index contributed by atoms with van der Waals surface area (Å²) in [6, 6.07) is 0.343. The number of esters is 1. The van der Waals surface area contributed by atoms with Gasteiger partial charge in [0.15, 0.2) is 0 Å². The second kappa shape index (κ2) is 5.85. The number of hydrogen-bond acceptors (Lipinski definition) is 3. The number of rotatable bonds is 8. The summed E-state index contributed by atoms with van der Waals surface area (Å²) in [7, 11) is 0. The van der Waals surface area contributed by atoms with Crippen LogP contribution in [0.1, 0.15) is 46.0 Å². The Morgan fingerprint density at radius 3 is 2.18 bits per heavy atom. The molecule has 0 aromatic rings. The van der Waals surface area contributed by atoms with Crippen molar-refractivity contribution in [3.63, 3.8) is 0 Å². The van der Waals surface area contributed by atoms with E-state index >= 15 is 0 Å². The van der Waals surface area contributed by atoms with Gasteiger partial charge in [-0.05, 0) is 51.4 Å². The van der Waals surface area contributed by atoms with E-state index in [0.29, 0.717) is 19.1 Å². The maximum Gasteiger partial charge on any atom is 0.307 e. The van der Waals surface area contributed by atoms with E-state index in [9.17, 15) is 4.79 Å². The predicted molar refractivity (Wildman–Crippen MR) is 67.7 cm³/mol. The Balaban J connectivity index is 1.77. The van der Waals surface area contributed by atoms with Gasteiger partial charge in [0.2, 0.25) is 0 Å². The molecule has 0 N–H and O–H groups in total. The van der Waals surface area contributed by atoms with E-state index in [1.165, 1.54) is 38.8 Å². The Hall–Kier alpha value is -0.570. The van der Waals surface area contributed by atoms with Crippen LogP contribution in [0.2, 0.25) is 0 Å². The molecule has 0 aliphatic heterocycles. The molecule has 0 spiro atoms. The van der Waals surface area contributed by atoms with Crippen LogP contribution >= 0.6 is 0 Å². The first-order chi connectivity index (χ1) is 8.19. The summed E-state index contributed by atoms with van der Waals surface area (Å²) in [5.41, 5.74) is 0. The minimum atomic E-state index is -0.0448. The lowest BCUT2D eigenvalue weighted by Gasteiger charge is -2.28. The molecule has 0 aromatic carbocycles. The van der Waals surface area contributed by atoms with Crippen LogP contribution in [0.4, 0.5) is 0 Å². The van der Waals surface area contributed by atoms with Crippen LogP contribution in [-0.4, -0.2) is 36.6 Å². The predicted octanol–water partition coefficient (Wildman–Crippen LogP) is 2.45. The van der Waals surface area contributed by atoms with E-state index < -0.39 is 0 Å². The first kappa shape index (κ1) is 12.9. The SMILES string of the molecule is CCOC(=O)CC(C)N(CC1CC1)CC1CC1. The van der Waals surface area contributed by atoms with E-state index in [0.717, 1.165) is 11.8 Å². The summed E-state index contributed by atoms with van der Waals surface area (Å²) in [6.07, 6.45) is 6.08. The van der Waals surface area contributed by atoms with Gasteiger partial charge in [-0.1, -0.05) is 0 Å². The summed E-state index contributed by atoms with van der Waals surface area (Å²) in [5.74, 6) is 1.76. The highest BCUT2D eigenvalue weighted by atomic mass is 16.5. The smallest absolute Gasteiger partial charge is 0.307 e. The molecular formula is C14H25NO2. The third kappa shape index (κ3) is 4.66. The van der Waals surface area contributed by atoms with Gasteiger partial charge in [-0.25, -0.2) is 0 Å². The van der Waals surface area contributed by atoms with E-state index in [2.05, 4.69) is 11.8 Å². The van der Waals surface area contributed by atoms with Crippen LogP contribution in [-0.2, 0) is 9.53 Å². The molecule has 2 aliphatic carbocycles. The highest BCUT2D eigenvalue weighted by molar-refractivity contribution is 5.70. The van der Waals surface area contributed by atoms with Gasteiger partial charge in [0.25, 0.3) is 0 Å².